The summed E-state index contributed by atoms with van der Waals surface area (Å²) in [6.45, 7) is 17.3. The number of carboxylic acid groups (broad SMARTS) is 2. The molecular formula is C36H60O8. The first kappa shape index (κ1) is 43.3. The predicted octanol–water partition coefficient (Wildman–Crippen LogP) is 6.87. The van der Waals surface area contributed by atoms with Crippen molar-refractivity contribution in [2.45, 2.75) is 81.1 Å². The second kappa shape index (κ2) is 23.6. The van der Waals surface area contributed by atoms with Crippen LogP contribution in [0.15, 0.2) is 60.7 Å². The summed E-state index contributed by atoms with van der Waals surface area (Å²) in [6, 6.07) is 16.6. The van der Waals surface area contributed by atoms with E-state index < -0.39 is 11.9 Å². The average molecular weight is 621 g/mol. The fourth-order valence-electron chi connectivity index (χ4n) is 4.72. The number of aliphatic hydroxyl groups is 4. The molecule has 6 N–H and O–H groups in total. The van der Waals surface area contributed by atoms with Crippen molar-refractivity contribution in [2.24, 2.45) is 34.5 Å². The van der Waals surface area contributed by atoms with E-state index in [-0.39, 0.29) is 37.3 Å². The zero-order valence-electron chi connectivity index (χ0n) is 28.2. The molecule has 44 heavy (non-hydrogen) atoms. The molecule has 0 amide bonds. The van der Waals surface area contributed by atoms with E-state index in [2.05, 4.69) is 55.4 Å². The Labute approximate surface area is 265 Å². The molecule has 0 aliphatic carbocycles. The molecule has 0 aliphatic heterocycles. The molecule has 2 aromatic carbocycles. The normalized spacial score (nSPS) is 11.3. The predicted molar refractivity (Wildman–Crippen MR) is 178 cm³/mol. The Morgan fingerprint density at radius 1 is 0.568 bits per heavy atom. The highest BCUT2D eigenvalue weighted by Crippen LogP contribution is 2.33. The van der Waals surface area contributed by atoms with Crippen molar-refractivity contribution in [2.75, 3.05) is 26.4 Å². The SMILES string of the molecule is CC(C)CC(CO)(CO)CC(C)C.CC(C)CCC(CO)(CO)C(C)C.O=C(O)c1ccccc1.O=C(O)c1ccccc1. The van der Waals surface area contributed by atoms with Crippen LogP contribution in [0, 0.1) is 34.5 Å². The highest BCUT2D eigenvalue weighted by Gasteiger charge is 2.32. The third kappa shape index (κ3) is 18.8. The van der Waals surface area contributed by atoms with Gasteiger partial charge in [-0.2, -0.15) is 0 Å². The minimum Gasteiger partial charge on any atom is -0.478 e. The number of rotatable bonds is 14. The van der Waals surface area contributed by atoms with E-state index in [0.717, 1.165) is 25.7 Å². The minimum atomic E-state index is -0.879. The molecule has 0 aliphatic rings. The summed E-state index contributed by atoms with van der Waals surface area (Å²) in [7, 11) is 0. The fourth-order valence-corrected chi connectivity index (χ4v) is 4.72. The molecule has 0 saturated heterocycles. The number of hydrogen-bond donors (Lipinski definition) is 6. The van der Waals surface area contributed by atoms with Crippen LogP contribution in [0.1, 0.15) is 102 Å². The number of carbonyl (C=O) groups is 2. The van der Waals surface area contributed by atoms with Gasteiger partial charge in [-0.3, -0.25) is 0 Å². The van der Waals surface area contributed by atoms with E-state index in [9.17, 15) is 30.0 Å². The minimum absolute atomic E-state index is 0.0912. The second-order valence-corrected chi connectivity index (χ2v) is 13.1. The Kier molecular flexibility index (Phi) is 23.2. The zero-order chi connectivity index (χ0) is 34.3. The topological polar surface area (TPSA) is 156 Å². The Bertz CT molecular complexity index is 918. The van der Waals surface area contributed by atoms with Crippen LogP contribution in [0.25, 0.3) is 0 Å². The van der Waals surface area contributed by atoms with E-state index >= 15 is 0 Å². The molecular weight excluding hydrogens is 560 g/mol. The molecule has 8 heteroatoms. The van der Waals surface area contributed by atoms with Gasteiger partial charge in [0.2, 0.25) is 0 Å². The molecule has 2 rings (SSSR count). The molecule has 0 aromatic heterocycles. The zero-order valence-corrected chi connectivity index (χ0v) is 28.2. The average Bonchev–Trinajstić information content (AvgIpc) is 2.98. The van der Waals surface area contributed by atoms with Crippen molar-refractivity contribution in [1.29, 1.82) is 0 Å². The number of hydrogen-bond acceptors (Lipinski definition) is 6. The van der Waals surface area contributed by atoms with Crippen LogP contribution >= 0.6 is 0 Å². The van der Waals surface area contributed by atoms with Crippen molar-refractivity contribution in [3.63, 3.8) is 0 Å². The van der Waals surface area contributed by atoms with Crippen LogP contribution in [0.4, 0.5) is 0 Å². The molecule has 8 nitrogen and oxygen atoms in total. The Hall–Kier alpha value is -2.78. The first-order valence-electron chi connectivity index (χ1n) is 15.5. The van der Waals surface area contributed by atoms with Gasteiger partial charge < -0.3 is 30.6 Å². The standard InChI is InChI=1S/2C11H24O2.2C7H6O2/c1-9(2)5-11(7-12,8-13)6-10(3)4;1-9(2)5-6-11(7-12,8-13)10(3)4;2*8-7(9)6-4-2-1-3-5-6/h2*9-10,12-13H,5-8H2,1-4H3;2*1-5H,(H,8,9). The number of aromatic carboxylic acids is 2. The molecule has 0 fully saturated rings. The number of carboxylic acids is 2. The van der Waals surface area contributed by atoms with Gasteiger partial charge >= 0.3 is 11.9 Å². The van der Waals surface area contributed by atoms with Gasteiger partial charge in [0.05, 0.1) is 37.6 Å². The van der Waals surface area contributed by atoms with E-state index in [1.807, 2.05) is 0 Å². The first-order valence-corrected chi connectivity index (χ1v) is 15.5. The molecule has 0 atom stereocenters. The fraction of sp³-hybridized carbons (Fsp3) is 0.611. The maximum atomic E-state index is 10.2. The lowest BCUT2D eigenvalue weighted by atomic mass is 9.74. The first-order chi connectivity index (χ1) is 20.5. The summed E-state index contributed by atoms with van der Waals surface area (Å²) in [4.78, 5) is 20.4. The van der Waals surface area contributed by atoms with Gasteiger partial charge in [0, 0.05) is 10.8 Å². The third-order valence-corrected chi connectivity index (χ3v) is 7.47. The summed E-state index contributed by atoms with van der Waals surface area (Å²) in [5, 5.41) is 54.0. The van der Waals surface area contributed by atoms with Gasteiger partial charge in [-0.25, -0.2) is 9.59 Å². The molecule has 252 valence electrons. The van der Waals surface area contributed by atoms with Gasteiger partial charge in [0.1, 0.15) is 0 Å². The van der Waals surface area contributed by atoms with Gasteiger partial charge in [-0.15, -0.1) is 0 Å². The Morgan fingerprint density at radius 2 is 0.909 bits per heavy atom. The summed E-state index contributed by atoms with van der Waals surface area (Å²) < 4.78 is 0. The molecule has 0 radical (unpaired) electrons. The highest BCUT2D eigenvalue weighted by molar-refractivity contribution is 5.87. The highest BCUT2D eigenvalue weighted by atomic mass is 16.4. The lowest BCUT2D eigenvalue weighted by molar-refractivity contribution is 0.00496. The van der Waals surface area contributed by atoms with Gasteiger partial charge in [-0.1, -0.05) is 98.2 Å². The summed E-state index contributed by atoms with van der Waals surface area (Å²) in [5.74, 6) is 0.264. The van der Waals surface area contributed by atoms with Gasteiger partial charge in [-0.05, 0) is 67.2 Å². The van der Waals surface area contributed by atoms with Crippen LogP contribution in [0.2, 0.25) is 0 Å². The Morgan fingerprint density at radius 3 is 1.09 bits per heavy atom. The molecule has 0 heterocycles. The molecule has 0 bridgehead atoms. The van der Waals surface area contributed by atoms with Crippen molar-refractivity contribution in [3.05, 3.63) is 71.8 Å². The van der Waals surface area contributed by atoms with E-state index in [1.54, 1.807) is 60.7 Å². The lowest BCUT2D eigenvalue weighted by Gasteiger charge is -2.34. The largest absolute Gasteiger partial charge is 0.478 e. The summed E-state index contributed by atoms with van der Waals surface area (Å²) in [6.07, 6.45) is 3.78. The maximum Gasteiger partial charge on any atom is 0.335 e. The van der Waals surface area contributed by atoms with E-state index in [0.29, 0.717) is 34.8 Å². The quantitative estimate of drug-likeness (QED) is 0.134. The summed E-state index contributed by atoms with van der Waals surface area (Å²) in [5.41, 5.74) is 0.127. The van der Waals surface area contributed by atoms with Crippen molar-refractivity contribution >= 4 is 11.9 Å². The lowest BCUT2D eigenvalue weighted by Crippen LogP contribution is -2.35. The number of benzene rings is 2. The molecule has 0 unspecified atom stereocenters. The van der Waals surface area contributed by atoms with Gasteiger partial charge in [0.25, 0.3) is 0 Å². The maximum absolute atomic E-state index is 10.2. The van der Waals surface area contributed by atoms with Crippen LogP contribution in [-0.2, 0) is 0 Å². The second-order valence-electron chi connectivity index (χ2n) is 13.1. The molecule has 0 saturated carbocycles. The van der Waals surface area contributed by atoms with Crippen LogP contribution in [0.3, 0.4) is 0 Å². The van der Waals surface area contributed by atoms with Crippen molar-refractivity contribution in [3.8, 4) is 0 Å². The van der Waals surface area contributed by atoms with Crippen molar-refractivity contribution < 1.29 is 40.2 Å². The van der Waals surface area contributed by atoms with E-state index in [1.165, 1.54) is 0 Å². The van der Waals surface area contributed by atoms with Crippen LogP contribution < -0.4 is 0 Å². The van der Waals surface area contributed by atoms with Crippen molar-refractivity contribution in [1.82, 2.24) is 0 Å². The van der Waals surface area contributed by atoms with Gasteiger partial charge in [0.15, 0.2) is 0 Å². The van der Waals surface area contributed by atoms with E-state index in [4.69, 9.17) is 10.2 Å². The van der Waals surface area contributed by atoms with Crippen LogP contribution in [-0.4, -0.2) is 69.0 Å². The molecule has 0 spiro atoms. The smallest absolute Gasteiger partial charge is 0.335 e. The number of aliphatic hydroxyl groups excluding tert-OH is 4. The monoisotopic (exact) mass is 620 g/mol. The Balaban J connectivity index is 0. The third-order valence-electron chi connectivity index (χ3n) is 7.47. The molecule has 2 aromatic rings. The summed E-state index contributed by atoms with van der Waals surface area (Å²) >= 11 is 0. The van der Waals surface area contributed by atoms with Crippen LogP contribution in [0.5, 0.6) is 0 Å².